The highest BCUT2D eigenvalue weighted by molar-refractivity contribution is 6.33. The number of anilines is 1. The van der Waals surface area contributed by atoms with Gasteiger partial charge in [0.2, 0.25) is 5.91 Å². The van der Waals surface area contributed by atoms with E-state index in [1.165, 1.54) is 0 Å². The molecule has 3 heteroatoms. The normalized spacial score (nSPS) is 18.1. The largest absolute Gasteiger partial charge is 0.324 e. The van der Waals surface area contributed by atoms with Gasteiger partial charge in [0, 0.05) is 5.41 Å². The Balaban J connectivity index is 2.13. The maximum Gasteiger partial charge on any atom is 0.230 e. The molecule has 0 atom stereocenters. The van der Waals surface area contributed by atoms with E-state index in [2.05, 4.69) is 5.32 Å². The summed E-state index contributed by atoms with van der Waals surface area (Å²) in [5.41, 5.74) is 1.60. The standard InChI is InChI=1S/C14H18ClNO/c1-10-5-6-12(11(15)9-10)16-13(17)14(2)7-3-4-8-14/h5-6,9H,3-4,7-8H2,1-2H3,(H,16,17). The monoisotopic (exact) mass is 251 g/mol. The molecule has 1 aromatic carbocycles. The Morgan fingerprint density at radius 1 is 1.35 bits per heavy atom. The van der Waals surface area contributed by atoms with Gasteiger partial charge in [-0.05, 0) is 37.5 Å². The molecule has 2 nitrogen and oxygen atoms in total. The van der Waals surface area contributed by atoms with Crippen LogP contribution in [0, 0.1) is 12.3 Å². The van der Waals surface area contributed by atoms with Gasteiger partial charge in [-0.15, -0.1) is 0 Å². The minimum absolute atomic E-state index is 0.0979. The van der Waals surface area contributed by atoms with Crippen LogP contribution in [0.25, 0.3) is 0 Å². The van der Waals surface area contributed by atoms with Gasteiger partial charge < -0.3 is 5.32 Å². The first-order valence-electron chi connectivity index (χ1n) is 6.09. The molecule has 17 heavy (non-hydrogen) atoms. The first-order valence-corrected chi connectivity index (χ1v) is 6.47. The van der Waals surface area contributed by atoms with E-state index in [1.807, 2.05) is 32.0 Å². The molecular weight excluding hydrogens is 234 g/mol. The van der Waals surface area contributed by atoms with E-state index in [0.717, 1.165) is 36.9 Å². The number of carbonyl (C=O) groups excluding carboxylic acids is 1. The Hall–Kier alpha value is -1.02. The molecule has 1 amide bonds. The van der Waals surface area contributed by atoms with E-state index in [4.69, 9.17) is 11.6 Å². The van der Waals surface area contributed by atoms with E-state index in [1.54, 1.807) is 0 Å². The maximum atomic E-state index is 12.2. The second-order valence-corrected chi connectivity index (χ2v) is 5.61. The van der Waals surface area contributed by atoms with Crippen molar-refractivity contribution in [3.63, 3.8) is 0 Å². The Morgan fingerprint density at radius 2 is 2.00 bits per heavy atom. The number of halogens is 1. The van der Waals surface area contributed by atoms with Gasteiger partial charge in [0.15, 0.2) is 0 Å². The van der Waals surface area contributed by atoms with Crippen LogP contribution in [0.2, 0.25) is 5.02 Å². The van der Waals surface area contributed by atoms with Crippen LogP contribution in [0.15, 0.2) is 18.2 Å². The average Bonchev–Trinajstić information content (AvgIpc) is 2.71. The average molecular weight is 252 g/mol. The van der Waals surface area contributed by atoms with Crippen molar-refractivity contribution in [2.45, 2.75) is 39.5 Å². The number of carbonyl (C=O) groups is 1. The van der Waals surface area contributed by atoms with Gasteiger partial charge >= 0.3 is 0 Å². The molecule has 1 fully saturated rings. The summed E-state index contributed by atoms with van der Waals surface area (Å²) in [6.45, 7) is 4.02. The van der Waals surface area contributed by atoms with E-state index in [-0.39, 0.29) is 11.3 Å². The number of rotatable bonds is 2. The predicted molar refractivity (Wildman–Crippen MR) is 71.4 cm³/mol. The van der Waals surface area contributed by atoms with Gasteiger partial charge in [0.1, 0.15) is 0 Å². The van der Waals surface area contributed by atoms with Gasteiger partial charge in [-0.3, -0.25) is 4.79 Å². The molecule has 0 aliphatic heterocycles. The summed E-state index contributed by atoms with van der Waals surface area (Å²) in [4.78, 5) is 12.2. The molecule has 0 bridgehead atoms. The minimum Gasteiger partial charge on any atom is -0.324 e. The van der Waals surface area contributed by atoms with Crippen molar-refractivity contribution >= 4 is 23.2 Å². The van der Waals surface area contributed by atoms with E-state index in [9.17, 15) is 4.79 Å². The Morgan fingerprint density at radius 3 is 2.59 bits per heavy atom. The predicted octanol–water partition coefficient (Wildman–Crippen LogP) is 4.17. The molecule has 1 aliphatic carbocycles. The third-order valence-corrected chi connectivity index (χ3v) is 3.94. The first-order chi connectivity index (χ1) is 8.01. The van der Waals surface area contributed by atoms with Gasteiger partial charge in [0.05, 0.1) is 10.7 Å². The second-order valence-electron chi connectivity index (χ2n) is 5.21. The fourth-order valence-electron chi connectivity index (χ4n) is 2.38. The Bertz CT molecular complexity index is 436. The number of amides is 1. The van der Waals surface area contributed by atoms with Crippen LogP contribution in [0.4, 0.5) is 5.69 Å². The smallest absolute Gasteiger partial charge is 0.230 e. The molecule has 1 aliphatic rings. The van der Waals surface area contributed by atoms with Crippen LogP contribution in [0.5, 0.6) is 0 Å². The lowest BCUT2D eigenvalue weighted by Crippen LogP contribution is -2.30. The Labute approximate surface area is 107 Å². The summed E-state index contributed by atoms with van der Waals surface area (Å²) in [7, 11) is 0. The number of nitrogens with one attached hydrogen (secondary N) is 1. The van der Waals surface area contributed by atoms with Crippen molar-refractivity contribution in [2.24, 2.45) is 5.41 Å². The molecule has 0 unspecified atom stereocenters. The SMILES string of the molecule is Cc1ccc(NC(=O)C2(C)CCCC2)c(Cl)c1. The third-order valence-electron chi connectivity index (χ3n) is 3.63. The zero-order valence-electron chi connectivity index (χ0n) is 10.3. The molecule has 0 aromatic heterocycles. The van der Waals surface area contributed by atoms with Crippen molar-refractivity contribution < 1.29 is 4.79 Å². The van der Waals surface area contributed by atoms with Crippen LogP contribution >= 0.6 is 11.6 Å². The summed E-state index contributed by atoms with van der Waals surface area (Å²) in [5.74, 6) is 0.0979. The first kappa shape index (κ1) is 12.4. The summed E-state index contributed by atoms with van der Waals surface area (Å²) >= 11 is 6.11. The summed E-state index contributed by atoms with van der Waals surface area (Å²) in [6, 6.07) is 5.69. The second kappa shape index (κ2) is 4.69. The van der Waals surface area contributed by atoms with E-state index >= 15 is 0 Å². The fraction of sp³-hybridized carbons (Fsp3) is 0.500. The molecule has 0 radical (unpaired) electrons. The van der Waals surface area contributed by atoms with Crippen molar-refractivity contribution in [2.75, 3.05) is 5.32 Å². The lowest BCUT2D eigenvalue weighted by molar-refractivity contribution is -0.124. The van der Waals surface area contributed by atoms with Gasteiger partial charge in [0.25, 0.3) is 0 Å². The molecule has 0 saturated heterocycles. The molecule has 1 N–H and O–H groups in total. The van der Waals surface area contributed by atoms with Crippen LogP contribution in [-0.2, 0) is 4.79 Å². The molecule has 0 heterocycles. The number of hydrogen-bond acceptors (Lipinski definition) is 1. The zero-order chi connectivity index (χ0) is 12.5. The maximum absolute atomic E-state index is 12.2. The Kier molecular flexibility index (Phi) is 3.43. The quantitative estimate of drug-likeness (QED) is 0.840. The minimum atomic E-state index is -0.214. The highest BCUT2D eigenvalue weighted by Crippen LogP contribution is 2.39. The van der Waals surface area contributed by atoms with Crippen LogP contribution in [0.3, 0.4) is 0 Å². The lowest BCUT2D eigenvalue weighted by Gasteiger charge is -2.22. The van der Waals surface area contributed by atoms with Crippen molar-refractivity contribution in [3.05, 3.63) is 28.8 Å². The number of hydrogen-bond donors (Lipinski definition) is 1. The number of benzene rings is 1. The topological polar surface area (TPSA) is 29.1 Å². The highest BCUT2D eigenvalue weighted by atomic mass is 35.5. The molecule has 0 spiro atoms. The van der Waals surface area contributed by atoms with Crippen molar-refractivity contribution in [1.82, 2.24) is 0 Å². The van der Waals surface area contributed by atoms with Gasteiger partial charge in [-0.2, -0.15) is 0 Å². The van der Waals surface area contributed by atoms with Crippen molar-refractivity contribution in [1.29, 1.82) is 0 Å². The summed E-state index contributed by atoms with van der Waals surface area (Å²) in [5, 5.41) is 3.56. The van der Waals surface area contributed by atoms with Crippen LogP contribution < -0.4 is 5.32 Å². The van der Waals surface area contributed by atoms with Crippen molar-refractivity contribution in [3.8, 4) is 0 Å². The van der Waals surface area contributed by atoms with Crippen LogP contribution in [-0.4, -0.2) is 5.91 Å². The molecule has 2 rings (SSSR count). The molecular formula is C14H18ClNO. The lowest BCUT2D eigenvalue weighted by atomic mass is 9.88. The summed E-state index contributed by atoms with van der Waals surface area (Å²) in [6.07, 6.45) is 4.24. The molecule has 1 aromatic rings. The zero-order valence-corrected chi connectivity index (χ0v) is 11.1. The summed E-state index contributed by atoms with van der Waals surface area (Å²) < 4.78 is 0. The molecule has 1 saturated carbocycles. The highest BCUT2D eigenvalue weighted by Gasteiger charge is 2.36. The van der Waals surface area contributed by atoms with Gasteiger partial charge in [-0.1, -0.05) is 37.4 Å². The van der Waals surface area contributed by atoms with E-state index < -0.39 is 0 Å². The van der Waals surface area contributed by atoms with Gasteiger partial charge in [-0.25, -0.2) is 0 Å². The molecule has 92 valence electrons. The van der Waals surface area contributed by atoms with E-state index in [0.29, 0.717) is 5.02 Å². The fourth-order valence-corrected chi connectivity index (χ4v) is 2.66. The number of aryl methyl sites for hydroxylation is 1. The van der Waals surface area contributed by atoms with Crippen LogP contribution in [0.1, 0.15) is 38.2 Å². The third kappa shape index (κ3) is 2.63.